The molecule has 2 unspecified atom stereocenters. The van der Waals surface area contributed by atoms with Crippen molar-refractivity contribution >= 4 is 34.7 Å². The molecule has 1 saturated heterocycles. The lowest BCUT2D eigenvalue weighted by atomic mass is 10.2. The van der Waals surface area contributed by atoms with Gasteiger partial charge in [-0.3, -0.25) is 19.6 Å². The zero-order valence-electron chi connectivity index (χ0n) is 14.8. The Morgan fingerprint density at radius 3 is 2.74 bits per heavy atom. The molecule has 0 aromatic carbocycles. The number of hydrogen-bond acceptors (Lipinski definition) is 7. The highest BCUT2D eigenvalue weighted by Gasteiger charge is 2.26. The fourth-order valence-corrected chi connectivity index (χ4v) is 3.10. The van der Waals surface area contributed by atoms with Gasteiger partial charge in [0, 0.05) is 25.4 Å². The van der Waals surface area contributed by atoms with Crippen LogP contribution in [0.5, 0.6) is 0 Å². The van der Waals surface area contributed by atoms with Crippen LogP contribution in [-0.4, -0.2) is 55.8 Å². The summed E-state index contributed by atoms with van der Waals surface area (Å²) in [5.41, 5.74) is 0.371. The predicted molar refractivity (Wildman–Crippen MR) is 98.0 cm³/mol. The van der Waals surface area contributed by atoms with Crippen molar-refractivity contribution in [1.29, 1.82) is 0 Å². The Labute approximate surface area is 160 Å². The normalized spacial score (nSPS) is 19.7. The van der Waals surface area contributed by atoms with E-state index in [0.717, 1.165) is 6.20 Å². The number of pyridine rings is 1. The molecule has 2 atom stereocenters. The van der Waals surface area contributed by atoms with E-state index in [1.54, 1.807) is 11.1 Å². The van der Waals surface area contributed by atoms with Crippen LogP contribution in [0, 0.1) is 10.1 Å². The number of carbonyl (C=O) groups excluding carboxylic acids is 1. The zero-order valence-corrected chi connectivity index (χ0v) is 15.6. The van der Waals surface area contributed by atoms with Gasteiger partial charge in [0.05, 0.1) is 34.0 Å². The lowest BCUT2D eigenvalue weighted by molar-refractivity contribution is -0.385. The lowest BCUT2D eigenvalue weighted by Crippen LogP contribution is -2.49. The Balaban J connectivity index is 1.63. The van der Waals surface area contributed by atoms with Crippen molar-refractivity contribution in [2.24, 2.45) is 0 Å². The molecule has 0 saturated carbocycles. The van der Waals surface area contributed by atoms with Gasteiger partial charge < -0.3 is 15.0 Å². The molecule has 144 valence electrons. The Morgan fingerprint density at radius 1 is 1.41 bits per heavy atom. The van der Waals surface area contributed by atoms with Gasteiger partial charge in [-0.1, -0.05) is 11.6 Å². The molecular formula is C16H19ClN6O4. The van der Waals surface area contributed by atoms with E-state index < -0.39 is 4.92 Å². The molecule has 10 nitrogen and oxygen atoms in total. The molecule has 1 aliphatic heterocycles. The number of rotatable bonds is 5. The SMILES string of the molecule is CC1CN(C(=O)Cn2cc(Nc3ncc([N+](=O)[O-])cc3Cl)cn2)CC(C)O1. The average Bonchev–Trinajstić information content (AvgIpc) is 3.02. The van der Waals surface area contributed by atoms with Gasteiger partial charge in [0.15, 0.2) is 0 Å². The van der Waals surface area contributed by atoms with Gasteiger partial charge in [-0.15, -0.1) is 0 Å². The molecule has 27 heavy (non-hydrogen) atoms. The second-order valence-electron chi connectivity index (χ2n) is 6.39. The van der Waals surface area contributed by atoms with Gasteiger partial charge in [0.1, 0.15) is 18.6 Å². The Hall–Kier alpha value is -2.72. The van der Waals surface area contributed by atoms with Crippen LogP contribution < -0.4 is 5.32 Å². The minimum absolute atomic E-state index is 0.00269. The minimum Gasteiger partial charge on any atom is -0.372 e. The third kappa shape index (κ3) is 4.72. The van der Waals surface area contributed by atoms with Crippen molar-refractivity contribution in [1.82, 2.24) is 19.7 Å². The maximum atomic E-state index is 12.5. The van der Waals surface area contributed by atoms with E-state index in [1.165, 1.54) is 16.9 Å². The number of morpholine rings is 1. The van der Waals surface area contributed by atoms with Crippen LogP contribution in [0.4, 0.5) is 17.2 Å². The fourth-order valence-electron chi connectivity index (χ4n) is 2.89. The summed E-state index contributed by atoms with van der Waals surface area (Å²) in [5.74, 6) is 0.224. The second-order valence-corrected chi connectivity index (χ2v) is 6.80. The largest absolute Gasteiger partial charge is 0.372 e. The molecular weight excluding hydrogens is 376 g/mol. The van der Waals surface area contributed by atoms with Gasteiger partial charge in [-0.05, 0) is 13.8 Å². The molecule has 0 radical (unpaired) electrons. The first kappa shape index (κ1) is 19.1. The lowest BCUT2D eigenvalue weighted by Gasteiger charge is -2.35. The number of amides is 1. The van der Waals surface area contributed by atoms with Crippen molar-refractivity contribution < 1.29 is 14.5 Å². The molecule has 2 aromatic heterocycles. The number of nitrogens with zero attached hydrogens (tertiary/aromatic N) is 5. The van der Waals surface area contributed by atoms with E-state index in [9.17, 15) is 14.9 Å². The number of carbonyl (C=O) groups is 1. The third-order valence-electron chi connectivity index (χ3n) is 4.00. The first-order chi connectivity index (χ1) is 12.8. The number of aromatic nitrogens is 3. The highest BCUT2D eigenvalue weighted by Crippen LogP contribution is 2.26. The van der Waals surface area contributed by atoms with Crippen LogP contribution in [0.3, 0.4) is 0 Å². The summed E-state index contributed by atoms with van der Waals surface area (Å²) in [4.78, 5) is 28.3. The molecule has 1 aliphatic rings. The van der Waals surface area contributed by atoms with Crippen molar-refractivity contribution in [3.8, 4) is 0 Å². The molecule has 0 spiro atoms. The highest BCUT2D eigenvalue weighted by molar-refractivity contribution is 6.33. The quantitative estimate of drug-likeness (QED) is 0.610. The van der Waals surface area contributed by atoms with E-state index in [1.807, 2.05) is 13.8 Å². The summed E-state index contributed by atoms with van der Waals surface area (Å²) < 4.78 is 7.14. The van der Waals surface area contributed by atoms with Gasteiger partial charge in [0.2, 0.25) is 5.91 Å². The van der Waals surface area contributed by atoms with Gasteiger partial charge in [-0.2, -0.15) is 5.10 Å². The first-order valence-electron chi connectivity index (χ1n) is 8.34. The Bertz CT molecular complexity index is 847. The predicted octanol–water partition coefficient (Wildman–Crippen LogP) is 2.22. The smallest absolute Gasteiger partial charge is 0.289 e. The van der Waals surface area contributed by atoms with Crippen LogP contribution in [0.15, 0.2) is 24.7 Å². The van der Waals surface area contributed by atoms with E-state index in [-0.39, 0.29) is 41.2 Å². The molecule has 0 bridgehead atoms. The zero-order chi connectivity index (χ0) is 19.6. The van der Waals surface area contributed by atoms with Crippen LogP contribution in [-0.2, 0) is 16.1 Å². The minimum atomic E-state index is -0.570. The standard InChI is InChI=1S/C16H19ClN6O4/c1-10-6-21(7-11(2)27-10)15(24)9-22-8-12(4-19-22)20-16-14(17)3-13(5-18-16)23(25)26/h3-5,8,10-11H,6-7,9H2,1-2H3,(H,18,20). The summed E-state index contributed by atoms with van der Waals surface area (Å²) in [6, 6.07) is 1.21. The number of ether oxygens (including phenoxy) is 1. The number of nitrogens with one attached hydrogen (secondary N) is 1. The van der Waals surface area contributed by atoms with Gasteiger partial charge >= 0.3 is 0 Å². The van der Waals surface area contributed by atoms with Crippen LogP contribution in [0.25, 0.3) is 0 Å². The first-order valence-corrected chi connectivity index (χ1v) is 8.72. The fraction of sp³-hybridized carbons (Fsp3) is 0.438. The van der Waals surface area contributed by atoms with Crippen molar-refractivity contribution in [3.63, 3.8) is 0 Å². The number of hydrogen-bond donors (Lipinski definition) is 1. The van der Waals surface area contributed by atoms with Crippen LogP contribution in [0.1, 0.15) is 13.8 Å². The third-order valence-corrected chi connectivity index (χ3v) is 4.29. The summed E-state index contributed by atoms with van der Waals surface area (Å²) in [6.07, 6.45) is 4.29. The molecule has 11 heteroatoms. The van der Waals surface area contributed by atoms with Gasteiger partial charge in [0.25, 0.3) is 5.69 Å². The molecule has 1 N–H and O–H groups in total. The Morgan fingerprint density at radius 2 is 2.11 bits per heavy atom. The maximum Gasteiger partial charge on any atom is 0.289 e. The van der Waals surface area contributed by atoms with Crippen LogP contribution >= 0.6 is 11.6 Å². The maximum absolute atomic E-state index is 12.5. The van der Waals surface area contributed by atoms with Crippen molar-refractivity contribution in [3.05, 3.63) is 39.8 Å². The number of nitro groups is 1. The van der Waals surface area contributed by atoms with Crippen molar-refractivity contribution in [2.75, 3.05) is 18.4 Å². The summed E-state index contributed by atoms with van der Waals surface area (Å²) in [5, 5.41) is 17.9. The molecule has 3 rings (SSSR count). The van der Waals surface area contributed by atoms with Crippen molar-refractivity contribution in [2.45, 2.75) is 32.6 Å². The van der Waals surface area contributed by atoms with Crippen LogP contribution in [0.2, 0.25) is 5.02 Å². The van der Waals surface area contributed by atoms with E-state index >= 15 is 0 Å². The van der Waals surface area contributed by atoms with E-state index in [4.69, 9.17) is 16.3 Å². The molecule has 2 aromatic rings. The second kappa shape index (κ2) is 7.89. The molecule has 1 fully saturated rings. The Kier molecular flexibility index (Phi) is 5.57. The number of anilines is 2. The summed E-state index contributed by atoms with van der Waals surface area (Å²) >= 11 is 6.01. The summed E-state index contributed by atoms with van der Waals surface area (Å²) in [7, 11) is 0. The topological polar surface area (TPSA) is 115 Å². The van der Waals surface area contributed by atoms with E-state index in [0.29, 0.717) is 18.8 Å². The van der Waals surface area contributed by atoms with E-state index in [2.05, 4.69) is 15.4 Å². The van der Waals surface area contributed by atoms with Gasteiger partial charge in [-0.25, -0.2) is 4.98 Å². The average molecular weight is 395 g/mol. The molecule has 1 amide bonds. The monoisotopic (exact) mass is 394 g/mol. The highest BCUT2D eigenvalue weighted by atomic mass is 35.5. The number of halogens is 1. The summed E-state index contributed by atoms with van der Waals surface area (Å²) in [6.45, 7) is 5.08. The molecule has 3 heterocycles. The molecule has 0 aliphatic carbocycles.